The number of benzene rings is 2. The van der Waals surface area contributed by atoms with E-state index in [4.69, 9.17) is 4.74 Å². The minimum atomic E-state index is -0.444. The first-order valence-electron chi connectivity index (χ1n) is 9.53. The molecule has 4 rings (SSSR count). The summed E-state index contributed by atoms with van der Waals surface area (Å²) in [5.74, 6) is -0.410. The Morgan fingerprint density at radius 3 is 2.68 bits per heavy atom. The fourth-order valence-corrected chi connectivity index (χ4v) is 5.00. The van der Waals surface area contributed by atoms with E-state index >= 15 is 0 Å². The molecule has 0 spiro atoms. The van der Waals surface area contributed by atoms with Gasteiger partial charge in [-0.05, 0) is 49.2 Å². The van der Waals surface area contributed by atoms with Crippen LogP contribution in [-0.2, 0) is 9.53 Å². The van der Waals surface area contributed by atoms with Crippen molar-refractivity contribution in [2.24, 2.45) is 4.99 Å². The summed E-state index contributed by atoms with van der Waals surface area (Å²) >= 11 is 4.98. The number of nitrogens with zero attached hydrogens (tertiary/aromatic N) is 3. The summed E-state index contributed by atoms with van der Waals surface area (Å²) in [6.45, 7) is 3.84. The van der Waals surface area contributed by atoms with Crippen molar-refractivity contribution in [1.29, 1.82) is 0 Å². The van der Waals surface area contributed by atoms with Crippen molar-refractivity contribution in [2.75, 3.05) is 6.61 Å². The molecule has 9 heteroatoms. The Labute approximate surface area is 191 Å². The van der Waals surface area contributed by atoms with Crippen LogP contribution in [0.4, 0.5) is 5.69 Å². The number of hydrogen-bond acceptors (Lipinski definition) is 7. The Morgan fingerprint density at radius 1 is 1.29 bits per heavy atom. The molecule has 0 aliphatic carbocycles. The van der Waals surface area contributed by atoms with E-state index in [-0.39, 0.29) is 12.3 Å². The Morgan fingerprint density at radius 2 is 2.03 bits per heavy atom. The molecule has 0 aromatic heterocycles. The van der Waals surface area contributed by atoms with Gasteiger partial charge in [0.05, 0.1) is 34.5 Å². The van der Waals surface area contributed by atoms with Gasteiger partial charge < -0.3 is 9.64 Å². The minimum absolute atomic E-state index is 0.0222. The number of carbonyl (C=O) groups is 1. The largest absolute Gasteiger partial charge is 0.463 e. The van der Waals surface area contributed by atoms with Crippen LogP contribution < -0.4 is 0 Å². The number of rotatable bonds is 5. The molecule has 2 aliphatic heterocycles. The Balaban J connectivity index is 1.83. The van der Waals surface area contributed by atoms with Gasteiger partial charge in [0.15, 0.2) is 5.17 Å². The molecular formula is C22H18BrN3O4S. The molecule has 0 bridgehead atoms. The Hall–Kier alpha value is -2.91. The molecule has 0 amide bonds. The second-order valence-corrected chi connectivity index (χ2v) is 8.62. The number of nitro benzene ring substituents is 1. The maximum atomic E-state index is 12.9. The summed E-state index contributed by atoms with van der Waals surface area (Å²) in [4.78, 5) is 30.2. The van der Waals surface area contributed by atoms with Crippen molar-refractivity contribution in [3.63, 3.8) is 0 Å². The number of thioether (sulfide) groups is 1. The number of hydrogen-bond donors (Lipinski definition) is 0. The van der Waals surface area contributed by atoms with Crippen molar-refractivity contribution in [3.05, 3.63) is 90.9 Å². The lowest BCUT2D eigenvalue weighted by molar-refractivity contribution is -0.384. The van der Waals surface area contributed by atoms with Crippen LogP contribution in [-0.4, -0.2) is 27.6 Å². The van der Waals surface area contributed by atoms with Gasteiger partial charge in [0, 0.05) is 22.0 Å². The zero-order valence-corrected chi connectivity index (χ0v) is 19.1. The molecule has 2 aromatic rings. The smallest absolute Gasteiger partial charge is 0.338 e. The average Bonchev–Trinajstić information content (AvgIpc) is 3.16. The molecular weight excluding hydrogens is 482 g/mol. The lowest BCUT2D eigenvalue weighted by Gasteiger charge is -2.36. The van der Waals surface area contributed by atoms with E-state index in [0.29, 0.717) is 11.3 Å². The zero-order valence-electron chi connectivity index (χ0n) is 16.7. The van der Waals surface area contributed by atoms with E-state index in [1.165, 1.54) is 23.9 Å². The van der Waals surface area contributed by atoms with Gasteiger partial charge in [-0.1, -0.05) is 39.8 Å². The van der Waals surface area contributed by atoms with Crippen LogP contribution in [0, 0.1) is 10.1 Å². The minimum Gasteiger partial charge on any atom is -0.463 e. The topological polar surface area (TPSA) is 85.0 Å². The summed E-state index contributed by atoms with van der Waals surface area (Å²) in [5, 5.41) is 13.7. The third kappa shape index (κ3) is 4.03. The van der Waals surface area contributed by atoms with Gasteiger partial charge in [0.1, 0.15) is 0 Å². The normalized spacial score (nSPS) is 17.8. The number of aliphatic imine (C=N–C) groups is 1. The van der Waals surface area contributed by atoms with Gasteiger partial charge >= 0.3 is 5.97 Å². The molecule has 7 nitrogen and oxygen atoms in total. The van der Waals surface area contributed by atoms with Crippen molar-refractivity contribution in [2.45, 2.75) is 19.9 Å². The summed E-state index contributed by atoms with van der Waals surface area (Å²) in [6, 6.07) is 13.7. The van der Waals surface area contributed by atoms with Crippen LogP contribution in [0.3, 0.4) is 0 Å². The van der Waals surface area contributed by atoms with Gasteiger partial charge in [-0.15, -0.1) is 0 Å². The van der Waals surface area contributed by atoms with Gasteiger partial charge in [-0.25, -0.2) is 9.79 Å². The van der Waals surface area contributed by atoms with E-state index in [0.717, 1.165) is 26.5 Å². The highest BCUT2D eigenvalue weighted by molar-refractivity contribution is 9.10. The summed E-state index contributed by atoms with van der Waals surface area (Å²) in [7, 11) is 0. The highest BCUT2D eigenvalue weighted by Crippen LogP contribution is 2.47. The molecule has 0 saturated carbocycles. The quantitative estimate of drug-likeness (QED) is 0.300. The van der Waals surface area contributed by atoms with Crippen LogP contribution in [0.15, 0.2) is 74.7 Å². The summed E-state index contributed by atoms with van der Waals surface area (Å²) in [6.07, 6.45) is 0. The molecule has 1 atom stereocenters. The number of carbonyl (C=O) groups excluding carboxylic acids is 1. The first-order valence-corrected chi connectivity index (χ1v) is 11.2. The first kappa shape index (κ1) is 21.3. The molecule has 0 unspecified atom stereocenters. The molecule has 0 radical (unpaired) electrons. The first-order chi connectivity index (χ1) is 14.9. The Kier molecular flexibility index (Phi) is 5.97. The van der Waals surface area contributed by atoms with E-state index in [1.54, 1.807) is 19.1 Å². The molecule has 2 heterocycles. The number of non-ortho nitro benzene ring substituents is 1. The highest BCUT2D eigenvalue weighted by Gasteiger charge is 2.41. The molecule has 2 aliphatic rings. The molecule has 2 aromatic carbocycles. The SMILES string of the molecule is CCOC(=O)C1=C(C)N=C2SC=C(c3ccc([N+](=O)[O-])cc3)N2[C@H]1c1cccc(Br)c1. The lowest BCUT2D eigenvalue weighted by Crippen LogP contribution is -2.36. The third-order valence-corrected chi connectivity index (χ3v) is 6.29. The van der Waals surface area contributed by atoms with Crippen LogP contribution in [0.25, 0.3) is 5.70 Å². The van der Waals surface area contributed by atoms with Gasteiger partial charge in [0.25, 0.3) is 5.69 Å². The van der Waals surface area contributed by atoms with Gasteiger partial charge in [-0.2, -0.15) is 0 Å². The fourth-order valence-electron chi connectivity index (χ4n) is 3.61. The number of fused-ring (bicyclic) bond motifs is 1. The second kappa shape index (κ2) is 8.68. The number of halogens is 1. The van der Waals surface area contributed by atoms with Crippen LogP contribution in [0.2, 0.25) is 0 Å². The van der Waals surface area contributed by atoms with E-state index in [9.17, 15) is 14.9 Å². The number of allylic oxidation sites excluding steroid dienone is 1. The number of nitro groups is 1. The van der Waals surface area contributed by atoms with Crippen molar-refractivity contribution in [1.82, 2.24) is 4.90 Å². The number of esters is 1. The van der Waals surface area contributed by atoms with Crippen LogP contribution >= 0.6 is 27.7 Å². The Bertz CT molecular complexity index is 1160. The molecule has 158 valence electrons. The lowest BCUT2D eigenvalue weighted by atomic mass is 9.93. The average molecular weight is 500 g/mol. The molecule has 0 N–H and O–H groups in total. The monoisotopic (exact) mass is 499 g/mol. The number of ether oxygens (including phenoxy) is 1. The van der Waals surface area contributed by atoms with Crippen LogP contribution in [0.1, 0.15) is 31.0 Å². The highest BCUT2D eigenvalue weighted by atomic mass is 79.9. The number of amidine groups is 1. The van der Waals surface area contributed by atoms with Crippen molar-refractivity contribution >= 4 is 50.2 Å². The standard InChI is InChI=1S/C22H18BrN3O4S/c1-3-30-21(27)19-13(2)24-22-25(20(19)15-5-4-6-16(23)11-15)18(12-31-22)14-7-9-17(10-8-14)26(28)29/h4-12,20H,3H2,1-2H3/t20-/m0/s1. The van der Waals surface area contributed by atoms with E-state index < -0.39 is 16.9 Å². The van der Waals surface area contributed by atoms with E-state index in [1.807, 2.05) is 41.5 Å². The second-order valence-electron chi connectivity index (χ2n) is 6.87. The molecule has 0 saturated heterocycles. The van der Waals surface area contributed by atoms with Crippen LogP contribution in [0.5, 0.6) is 0 Å². The van der Waals surface area contributed by atoms with Gasteiger partial charge in [-0.3, -0.25) is 10.1 Å². The van der Waals surface area contributed by atoms with Crippen molar-refractivity contribution in [3.8, 4) is 0 Å². The summed E-state index contributed by atoms with van der Waals surface area (Å²) < 4.78 is 6.25. The van der Waals surface area contributed by atoms with Gasteiger partial charge in [0.2, 0.25) is 0 Å². The van der Waals surface area contributed by atoms with Crippen molar-refractivity contribution < 1.29 is 14.5 Å². The molecule has 31 heavy (non-hydrogen) atoms. The van der Waals surface area contributed by atoms with E-state index in [2.05, 4.69) is 20.9 Å². The maximum Gasteiger partial charge on any atom is 0.338 e. The maximum absolute atomic E-state index is 12.9. The zero-order chi connectivity index (χ0) is 22.1. The third-order valence-electron chi connectivity index (χ3n) is 4.96. The summed E-state index contributed by atoms with van der Waals surface area (Å²) in [5.41, 5.74) is 3.62. The fraction of sp³-hybridized carbons (Fsp3) is 0.182. The predicted octanol–water partition coefficient (Wildman–Crippen LogP) is 5.65. The predicted molar refractivity (Wildman–Crippen MR) is 124 cm³/mol. The molecule has 0 fully saturated rings.